The number of hydrogen-bond acceptors (Lipinski definition) is 5. The molecule has 12 heavy (non-hydrogen) atoms. The van der Waals surface area contributed by atoms with E-state index in [1.54, 1.807) is 0 Å². The summed E-state index contributed by atoms with van der Waals surface area (Å²) in [7, 11) is 0. The molecule has 0 bridgehead atoms. The fourth-order valence-corrected chi connectivity index (χ4v) is 1.36. The van der Waals surface area contributed by atoms with Crippen LogP contribution in [0.25, 0.3) is 0 Å². The number of carbonyl (C=O) groups is 1. The lowest BCUT2D eigenvalue weighted by Crippen LogP contribution is -2.04. The largest absolute Gasteiger partial charge is 0.322 e. The van der Waals surface area contributed by atoms with E-state index in [9.17, 15) is 4.79 Å². The van der Waals surface area contributed by atoms with Crippen molar-refractivity contribution < 1.29 is 4.79 Å². The summed E-state index contributed by atoms with van der Waals surface area (Å²) < 4.78 is 0. The van der Waals surface area contributed by atoms with Gasteiger partial charge in [0.25, 0.3) is 0 Å². The van der Waals surface area contributed by atoms with E-state index in [1.807, 2.05) is 6.92 Å². The number of nitrogens with two attached hydrogens (primary N) is 1. The number of rotatable bonds is 2. The Hall–Kier alpha value is -1.01. The number of hydrogen-bond donors (Lipinski definition) is 2. The minimum absolute atomic E-state index is 0.134. The second kappa shape index (κ2) is 3.59. The summed E-state index contributed by atoms with van der Waals surface area (Å²) in [6.45, 7) is 3.24. The normalized spacial score (nSPS) is 12.6. The average Bonchev–Trinajstić information content (AvgIpc) is 2.34. The molecule has 0 saturated heterocycles. The molecule has 1 aromatic rings. The van der Waals surface area contributed by atoms with E-state index in [1.165, 1.54) is 18.3 Å². The number of nitrogens with one attached hydrogen (secondary N) is 1. The third kappa shape index (κ3) is 2.24. The molecule has 3 N–H and O–H groups in total. The first-order valence-electron chi connectivity index (χ1n) is 3.46. The van der Waals surface area contributed by atoms with Gasteiger partial charge in [0.05, 0.1) is 6.04 Å². The van der Waals surface area contributed by atoms with E-state index in [0.717, 1.165) is 5.01 Å². The molecule has 0 aliphatic rings. The third-order valence-electron chi connectivity index (χ3n) is 1.11. The molecule has 1 unspecified atom stereocenters. The molecule has 0 spiro atoms. The number of nitrogens with zero attached hydrogens (tertiary/aromatic N) is 2. The Morgan fingerprint density at radius 2 is 2.33 bits per heavy atom. The zero-order valence-electron chi connectivity index (χ0n) is 6.87. The van der Waals surface area contributed by atoms with Gasteiger partial charge in [-0.05, 0) is 6.92 Å². The summed E-state index contributed by atoms with van der Waals surface area (Å²) in [5.41, 5.74) is 5.55. The smallest absolute Gasteiger partial charge is 0.223 e. The van der Waals surface area contributed by atoms with E-state index in [2.05, 4.69) is 15.5 Å². The van der Waals surface area contributed by atoms with Crippen molar-refractivity contribution in [2.75, 3.05) is 5.32 Å². The average molecular weight is 186 g/mol. The van der Waals surface area contributed by atoms with Gasteiger partial charge in [-0.3, -0.25) is 4.79 Å². The highest BCUT2D eigenvalue weighted by Gasteiger charge is 2.07. The summed E-state index contributed by atoms with van der Waals surface area (Å²) in [6, 6.07) is -0.134. The van der Waals surface area contributed by atoms with Crippen molar-refractivity contribution in [1.29, 1.82) is 0 Å². The van der Waals surface area contributed by atoms with Crippen LogP contribution < -0.4 is 11.1 Å². The van der Waals surface area contributed by atoms with E-state index in [0.29, 0.717) is 5.13 Å². The molecule has 1 rings (SSSR count). The molecule has 0 fully saturated rings. The lowest BCUT2D eigenvalue weighted by molar-refractivity contribution is -0.114. The predicted octanol–water partition coefficient (Wildman–Crippen LogP) is 0.516. The Labute approximate surface area is 74.0 Å². The highest BCUT2D eigenvalue weighted by molar-refractivity contribution is 7.15. The van der Waals surface area contributed by atoms with Crippen molar-refractivity contribution in [2.45, 2.75) is 19.9 Å². The van der Waals surface area contributed by atoms with Crippen molar-refractivity contribution in [3.05, 3.63) is 5.01 Å². The maximum Gasteiger partial charge on any atom is 0.223 e. The van der Waals surface area contributed by atoms with Crippen molar-refractivity contribution in [3.8, 4) is 0 Å². The van der Waals surface area contributed by atoms with Crippen LogP contribution in [0.2, 0.25) is 0 Å². The maximum absolute atomic E-state index is 10.6. The van der Waals surface area contributed by atoms with Crippen LogP contribution in [0.1, 0.15) is 24.9 Å². The molecule has 0 aliphatic heterocycles. The van der Waals surface area contributed by atoms with Crippen LogP contribution in [-0.4, -0.2) is 16.1 Å². The van der Waals surface area contributed by atoms with Gasteiger partial charge in [-0.2, -0.15) is 0 Å². The molecule has 1 heterocycles. The molecule has 0 aromatic carbocycles. The lowest BCUT2D eigenvalue weighted by Gasteiger charge is -1.94. The molecule has 6 heteroatoms. The fourth-order valence-electron chi connectivity index (χ4n) is 0.620. The summed E-state index contributed by atoms with van der Waals surface area (Å²) in [6.07, 6.45) is 0. The van der Waals surface area contributed by atoms with Crippen molar-refractivity contribution in [3.63, 3.8) is 0 Å². The van der Waals surface area contributed by atoms with Gasteiger partial charge in [-0.1, -0.05) is 11.3 Å². The molecule has 1 aromatic heterocycles. The second-order valence-corrected chi connectivity index (χ2v) is 3.42. The van der Waals surface area contributed by atoms with Gasteiger partial charge in [0.1, 0.15) is 5.01 Å². The Balaban J connectivity index is 2.70. The summed E-state index contributed by atoms with van der Waals surface area (Å²) in [5, 5.41) is 11.3. The number of carbonyl (C=O) groups excluding carboxylic acids is 1. The summed E-state index contributed by atoms with van der Waals surface area (Å²) >= 11 is 1.29. The minimum Gasteiger partial charge on any atom is -0.322 e. The van der Waals surface area contributed by atoms with Crippen LogP contribution in [0.5, 0.6) is 0 Å². The van der Waals surface area contributed by atoms with Crippen LogP contribution in [-0.2, 0) is 4.79 Å². The van der Waals surface area contributed by atoms with Gasteiger partial charge < -0.3 is 11.1 Å². The van der Waals surface area contributed by atoms with Crippen molar-refractivity contribution in [1.82, 2.24) is 10.2 Å². The number of aromatic nitrogens is 2. The predicted molar refractivity (Wildman–Crippen MR) is 46.8 cm³/mol. The first-order valence-corrected chi connectivity index (χ1v) is 4.28. The topological polar surface area (TPSA) is 80.9 Å². The van der Waals surface area contributed by atoms with Gasteiger partial charge in [-0.25, -0.2) is 0 Å². The molecular weight excluding hydrogens is 176 g/mol. The number of amides is 1. The standard InChI is InChI=1S/C6H10N4OS/c1-3(7)5-9-10-6(12-5)8-4(2)11/h3H,7H2,1-2H3,(H,8,10,11). The minimum atomic E-state index is -0.151. The highest BCUT2D eigenvalue weighted by Crippen LogP contribution is 2.19. The Bertz CT molecular complexity index is 283. The molecule has 1 atom stereocenters. The van der Waals surface area contributed by atoms with Gasteiger partial charge >= 0.3 is 0 Å². The molecule has 66 valence electrons. The summed E-state index contributed by atoms with van der Waals surface area (Å²) in [5.74, 6) is -0.151. The van der Waals surface area contributed by atoms with Crippen molar-refractivity contribution in [2.24, 2.45) is 5.73 Å². The van der Waals surface area contributed by atoms with Crippen molar-refractivity contribution >= 4 is 22.4 Å². The second-order valence-electron chi connectivity index (χ2n) is 2.42. The first-order chi connectivity index (χ1) is 5.59. The third-order valence-corrected chi connectivity index (χ3v) is 2.15. The first kappa shape index (κ1) is 9.08. The Morgan fingerprint density at radius 1 is 1.67 bits per heavy atom. The lowest BCUT2D eigenvalue weighted by atomic mass is 10.4. The maximum atomic E-state index is 10.6. The zero-order valence-corrected chi connectivity index (χ0v) is 7.68. The fraction of sp³-hybridized carbons (Fsp3) is 0.500. The molecule has 1 amide bonds. The van der Waals surface area contributed by atoms with E-state index >= 15 is 0 Å². The van der Waals surface area contributed by atoms with Crippen LogP contribution in [0.15, 0.2) is 0 Å². The van der Waals surface area contributed by atoms with Gasteiger partial charge in [-0.15, -0.1) is 10.2 Å². The van der Waals surface area contributed by atoms with Crippen LogP contribution in [0.3, 0.4) is 0 Å². The number of anilines is 1. The Morgan fingerprint density at radius 3 is 2.75 bits per heavy atom. The van der Waals surface area contributed by atoms with Crippen LogP contribution in [0.4, 0.5) is 5.13 Å². The van der Waals surface area contributed by atoms with Gasteiger partial charge in [0, 0.05) is 6.92 Å². The van der Waals surface area contributed by atoms with Crippen LogP contribution in [0, 0.1) is 0 Å². The van der Waals surface area contributed by atoms with Gasteiger partial charge in [0.2, 0.25) is 11.0 Å². The van der Waals surface area contributed by atoms with E-state index in [4.69, 9.17) is 5.73 Å². The monoisotopic (exact) mass is 186 g/mol. The highest BCUT2D eigenvalue weighted by atomic mass is 32.1. The molecule has 5 nitrogen and oxygen atoms in total. The molecule has 0 saturated carbocycles. The molecule has 0 radical (unpaired) electrons. The summed E-state index contributed by atoms with van der Waals surface area (Å²) in [4.78, 5) is 10.6. The van der Waals surface area contributed by atoms with Gasteiger partial charge in [0.15, 0.2) is 0 Å². The van der Waals surface area contributed by atoms with Crippen LogP contribution >= 0.6 is 11.3 Å². The quantitative estimate of drug-likeness (QED) is 0.705. The Kier molecular flexibility index (Phi) is 2.72. The zero-order chi connectivity index (χ0) is 9.14. The molecule has 0 aliphatic carbocycles. The van der Waals surface area contributed by atoms with E-state index < -0.39 is 0 Å². The molecular formula is C6H10N4OS. The van der Waals surface area contributed by atoms with E-state index in [-0.39, 0.29) is 11.9 Å². The SMILES string of the molecule is CC(=O)Nc1nnc(C(C)N)s1.